The Hall–Kier alpha value is -3.75. The summed E-state index contributed by atoms with van der Waals surface area (Å²) in [5, 5.41) is 20.9. The molecule has 0 N–H and O–H groups in total. The summed E-state index contributed by atoms with van der Waals surface area (Å²) in [6.45, 7) is 0.465. The van der Waals surface area contributed by atoms with Gasteiger partial charge in [0.15, 0.2) is 5.75 Å². The monoisotopic (exact) mass is 380 g/mol. The van der Waals surface area contributed by atoms with Gasteiger partial charge in [-0.1, -0.05) is 23.4 Å². The zero-order valence-corrected chi connectivity index (χ0v) is 15.8. The molecule has 3 aromatic rings. The van der Waals surface area contributed by atoms with Crippen molar-refractivity contribution >= 4 is 11.4 Å². The number of nitro benzene ring substituents is 1. The molecule has 0 fully saturated rings. The second kappa shape index (κ2) is 8.30. The third kappa shape index (κ3) is 4.50. The quantitative estimate of drug-likeness (QED) is 0.349. The molecule has 28 heavy (non-hydrogen) atoms. The molecule has 0 amide bonds. The van der Waals surface area contributed by atoms with Crippen LogP contribution >= 0.6 is 0 Å². The van der Waals surface area contributed by atoms with Crippen LogP contribution in [-0.4, -0.2) is 40.7 Å². The van der Waals surface area contributed by atoms with Crippen molar-refractivity contribution in [3.8, 4) is 17.0 Å². The summed E-state index contributed by atoms with van der Waals surface area (Å²) in [4.78, 5) is 15.1. The van der Waals surface area contributed by atoms with Gasteiger partial charge in [0, 0.05) is 38.5 Å². The van der Waals surface area contributed by atoms with Crippen molar-refractivity contribution < 1.29 is 9.66 Å². The molecule has 144 valence electrons. The van der Waals surface area contributed by atoms with Crippen LogP contribution in [0, 0.1) is 10.1 Å². The zero-order valence-electron chi connectivity index (χ0n) is 15.8. The Labute approximate surface area is 162 Å². The summed E-state index contributed by atoms with van der Waals surface area (Å²) in [5.74, 6) is 0.242. The summed E-state index contributed by atoms with van der Waals surface area (Å²) in [7, 11) is 5.03. The summed E-state index contributed by atoms with van der Waals surface area (Å²) >= 11 is 0. The predicted molar refractivity (Wildman–Crippen MR) is 105 cm³/mol. The van der Waals surface area contributed by atoms with Crippen LogP contribution in [0.25, 0.3) is 11.3 Å². The van der Waals surface area contributed by atoms with Crippen LogP contribution in [0.15, 0.2) is 65.3 Å². The second-order valence-corrected chi connectivity index (χ2v) is 6.28. The van der Waals surface area contributed by atoms with E-state index in [0.717, 1.165) is 22.5 Å². The molecule has 0 spiro atoms. The van der Waals surface area contributed by atoms with Crippen LogP contribution in [0.3, 0.4) is 0 Å². The van der Waals surface area contributed by atoms with E-state index in [9.17, 15) is 10.1 Å². The highest BCUT2D eigenvalue weighted by atomic mass is 16.6. The van der Waals surface area contributed by atoms with Gasteiger partial charge in [0.1, 0.15) is 0 Å². The summed E-state index contributed by atoms with van der Waals surface area (Å²) in [5.41, 5.74) is 3.24. The fraction of sp³-hybridized carbons (Fsp3) is 0.211. The molecule has 0 atom stereocenters. The lowest BCUT2D eigenvalue weighted by Crippen LogP contribution is -1.99. The lowest BCUT2D eigenvalue weighted by Gasteiger charge is -2.05. The van der Waals surface area contributed by atoms with E-state index in [1.807, 2.05) is 49.1 Å². The van der Waals surface area contributed by atoms with Crippen LogP contribution < -0.4 is 4.74 Å². The average Bonchev–Trinajstić information content (AvgIpc) is 3.15. The Bertz CT molecular complexity index is 995. The molecule has 9 nitrogen and oxygen atoms in total. The molecule has 1 aromatic heterocycles. The van der Waals surface area contributed by atoms with Crippen LogP contribution in [0.5, 0.6) is 5.75 Å². The first-order valence-corrected chi connectivity index (χ1v) is 8.49. The van der Waals surface area contributed by atoms with Crippen molar-refractivity contribution in [1.29, 1.82) is 0 Å². The molecule has 0 aliphatic rings. The molecule has 3 rings (SSSR count). The van der Waals surface area contributed by atoms with E-state index in [2.05, 4.69) is 15.3 Å². The SMILES string of the molecule is COc1ccc(Cn2cnc(-c3ccc(N=NN(C)C)cc3)c2)cc1[N+](=O)[O-]. The first-order chi connectivity index (χ1) is 13.5. The Balaban J connectivity index is 1.76. The van der Waals surface area contributed by atoms with E-state index in [0.29, 0.717) is 6.54 Å². The van der Waals surface area contributed by atoms with Crippen molar-refractivity contribution in [3.63, 3.8) is 0 Å². The van der Waals surface area contributed by atoms with Crippen molar-refractivity contribution in [2.24, 2.45) is 10.3 Å². The van der Waals surface area contributed by atoms with Crippen molar-refractivity contribution in [2.75, 3.05) is 21.2 Å². The van der Waals surface area contributed by atoms with Crippen molar-refractivity contribution in [1.82, 2.24) is 14.6 Å². The predicted octanol–water partition coefficient (Wildman–Crippen LogP) is 4.08. The molecule has 0 aliphatic carbocycles. The van der Waals surface area contributed by atoms with Gasteiger partial charge in [0.05, 0.1) is 29.7 Å². The number of rotatable bonds is 7. The minimum absolute atomic E-state index is 0.0529. The Morgan fingerprint density at radius 3 is 2.61 bits per heavy atom. The molecule has 0 aliphatic heterocycles. The molecule has 0 unspecified atom stereocenters. The number of ether oxygens (including phenoxy) is 1. The minimum atomic E-state index is -0.448. The number of imidazole rings is 1. The average molecular weight is 380 g/mol. The van der Waals surface area contributed by atoms with E-state index in [1.165, 1.54) is 13.2 Å². The summed E-state index contributed by atoms with van der Waals surface area (Å²) in [6.07, 6.45) is 3.59. The van der Waals surface area contributed by atoms with Crippen LogP contribution in [-0.2, 0) is 6.54 Å². The van der Waals surface area contributed by atoms with Gasteiger partial charge in [0.2, 0.25) is 0 Å². The van der Waals surface area contributed by atoms with Gasteiger partial charge >= 0.3 is 5.69 Å². The second-order valence-electron chi connectivity index (χ2n) is 6.28. The van der Waals surface area contributed by atoms with Gasteiger partial charge in [-0.05, 0) is 23.8 Å². The number of benzene rings is 2. The number of nitro groups is 1. The first kappa shape index (κ1) is 19.0. The zero-order chi connectivity index (χ0) is 20.1. The Morgan fingerprint density at radius 2 is 1.96 bits per heavy atom. The van der Waals surface area contributed by atoms with E-state index < -0.39 is 4.92 Å². The van der Waals surface area contributed by atoms with E-state index in [1.54, 1.807) is 23.5 Å². The molecule has 0 bridgehead atoms. The van der Waals surface area contributed by atoms with E-state index in [-0.39, 0.29) is 11.4 Å². The highest BCUT2D eigenvalue weighted by molar-refractivity contribution is 5.61. The maximum absolute atomic E-state index is 11.2. The maximum Gasteiger partial charge on any atom is 0.311 e. The summed E-state index contributed by atoms with van der Waals surface area (Å²) in [6, 6.07) is 12.5. The van der Waals surface area contributed by atoms with Crippen molar-refractivity contribution in [3.05, 3.63) is 70.7 Å². The molecule has 0 saturated heterocycles. The Kier molecular flexibility index (Phi) is 5.64. The minimum Gasteiger partial charge on any atom is -0.490 e. The summed E-state index contributed by atoms with van der Waals surface area (Å²) < 4.78 is 6.91. The molecule has 2 aromatic carbocycles. The van der Waals surface area contributed by atoms with Gasteiger partial charge in [-0.2, -0.15) is 0 Å². The van der Waals surface area contributed by atoms with E-state index >= 15 is 0 Å². The molecule has 0 saturated carbocycles. The maximum atomic E-state index is 11.2. The topological polar surface area (TPSA) is 98.2 Å². The van der Waals surface area contributed by atoms with Gasteiger partial charge in [-0.15, -0.1) is 5.11 Å². The largest absolute Gasteiger partial charge is 0.490 e. The first-order valence-electron chi connectivity index (χ1n) is 8.49. The highest BCUT2D eigenvalue weighted by Gasteiger charge is 2.15. The lowest BCUT2D eigenvalue weighted by atomic mass is 10.1. The molecular weight excluding hydrogens is 360 g/mol. The molecular formula is C19H20N6O3. The van der Waals surface area contributed by atoms with Crippen LogP contribution in [0.4, 0.5) is 11.4 Å². The normalized spacial score (nSPS) is 11.0. The fourth-order valence-corrected chi connectivity index (χ4v) is 2.62. The lowest BCUT2D eigenvalue weighted by molar-refractivity contribution is -0.385. The standard InChI is InChI=1S/C19H20N6O3/c1-23(2)22-21-16-7-5-15(6-8-16)17-12-24(13-20-17)11-14-4-9-19(28-3)18(10-14)25(26)27/h4-10,12-13H,11H2,1-3H3. The van der Waals surface area contributed by atoms with Crippen LogP contribution in [0.2, 0.25) is 0 Å². The number of hydrogen-bond donors (Lipinski definition) is 0. The van der Waals surface area contributed by atoms with E-state index in [4.69, 9.17) is 4.74 Å². The van der Waals surface area contributed by atoms with Gasteiger partial charge in [0.25, 0.3) is 0 Å². The molecule has 9 heteroatoms. The number of methoxy groups -OCH3 is 1. The third-order valence-electron chi connectivity index (χ3n) is 3.94. The van der Waals surface area contributed by atoms with Crippen LogP contribution in [0.1, 0.15) is 5.56 Å². The number of aromatic nitrogens is 2. The number of nitrogens with zero attached hydrogens (tertiary/aromatic N) is 6. The fourth-order valence-electron chi connectivity index (χ4n) is 2.62. The van der Waals surface area contributed by atoms with Gasteiger partial charge in [-0.25, -0.2) is 4.98 Å². The smallest absolute Gasteiger partial charge is 0.311 e. The molecule has 1 heterocycles. The van der Waals surface area contributed by atoms with Gasteiger partial charge in [-0.3, -0.25) is 15.1 Å². The Morgan fingerprint density at radius 1 is 1.21 bits per heavy atom. The highest BCUT2D eigenvalue weighted by Crippen LogP contribution is 2.28. The van der Waals surface area contributed by atoms with Gasteiger partial charge < -0.3 is 9.30 Å². The number of hydrogen-bond acceptors (Lipinski definition) is 6. The van der Waals surface area contributed by atoms with Crippen molar-refractivity contribution in [2.45, 2.75) is 6.54 Å². The third-order valence-corrected chi connectivity index (χ3v) is 3.94. The molecule has 0 radical (unpaired) electrons.